The molecule has 1 aromatic heterocycles. The number of aromatic nitrogens is 2. The molecular formula is C16H23N3. The fourth-order valence-corrected chi connectivity index (χ4v) is 2.28. The molecule has 0 aliphatic rings. The van der Waals surface area contributed by atoms with Crippen LogP contribution in [0.5, 0.6) is 0 Å². The number of nitrogens with zero attached hydrogens (tertiary/aromatic N) is 2. The molecule has 2 rings (SSSR count). The third-order valence-electron chi connectivity index (χ3n) is 3.70. The Bertz CT molecular complexity index is 550. The topological polar surface area (TPSA) is 43.8 Å². The van der Waals surface area contributed by atoms with E-state index in [0.29, 0.717) is 12.5 Å². The average Bonchev–Trinajstić information content (AvgIpc) is 2.68. The quantitative estimate of drug-likeness (QED) is 0.915. The van der Waals surface area contributed by atoms with E-state index in [2.05, 4.69) is 56.7 Å². The van der Waals surface area contributed by atoms with E-state index in [9.17, 15) is 0 Å². The third-order valence-corrected chi connectivity index (χ3v) is 3.70. The molecule has 3 heteroatoms. The van der Waals surface area contributed by atoms with Gasteiger partial charge in [-0.15, -0.1) is 0 Å². The molecule has 0 spiro atoms. The number of nitrogens with two attached hydrogens (primary N) is 1. The van der Waals surface area contributed by atoms with Crippen LogP contribution in [0.1, 0.15) is 36.7 Å². The number of rotatable bonds is 4. The Morgan fingerprint density at radius 3 is 2.37 bits per heavy atom. The maximum atomic E-state index is 5.63. The van der Waals surface area contributed by atoms with Gasteiger partial charge in [0.1, 0.15) is 5.82 Å². The van der Waals surface area contributed by atoms with Gasteiger partial charge in [-0.3, -0.25) is 0 Å². The molecule has 0 aliphatic heterocycles. The minimum atomic E-state index is 0.560. The lowest BCUT2D eigenvalue weighted by Crippen LogP contribution is -2.04. The van der Waals surface area contributed by atoms with Gasteiger partial charge in [-0.1, -0.05) is 38.1 Å². The molecule has 3 nitrogen and oxygen atoms in total. The van der Waals surface area contributed by atoms with Crippen LogP contribution in [-0.4, -0.2) is 16.1 Å². The van der Waals surface area contributed by atoms with Crippen molar-refractivity contribution in [3.63, 3.8) is 0 Å². The van der Waals surface area contributed by atoms with E-state index >= 15 is 0 Å². The van der Waals surface area contributed by atoms with Gasteiger partial charge in [0.2, 0.25) is 0 Å². The van der Waals surface area contributed by atoms with Crippen LogP contribution in [-0.2, 0) is 13.5 Å². The van der Waals surface area contributed by atoms with Crippen LogP contribution in [0, 0.1) is 6.92 Å². The summed E-state index contributed by atoms with van der Waals surface area (Å²) < 4.78 is 2.15. The van der Waals surface area contributed by atoms with Crippen LogP contribution in [0.2, 0.25) is 0 Å². The molecule has 0 saturated heterocycles. The smallest absolute Gasteiger partial charge is 0.140 e. The molecule has 2 aromatic rings. The Labute approximate surface area is 115 Å². The van der Waals surface area contributed by atoms with Gasteiger partial charge < -0.3 is 10.3 Å². The second-order valence-electron chi connectivity index (χ2n) is 5.34. The fourth-order valence-electron chi connectivity index (χ4n) is 2.28. The molecule has 2 N–H and O–H groups in total. The first-order valence-electron chi connectivity index (χ1n) is 6.87. The molecule has 19 heavy (non-hydrogen) atoms. The van der Waals surface area contributed by atoms with Crippen molar-refractivity contribution in [3.05, 3.63) is 41.2 Å². The molecule has 0 amide bonds. The van der Waals surface area contributed by atoms with Crippen molar-refractivity contribution < 1.29 is 0 Å². The van der Waals surface area contributed by atoms with Gasteiger partial charge in [-0.2, -0.15) is 0 Å². The molecule has 102 valence electrons. The van der Waals surface area contributed by atoms with E-state index in [-0.39, 0.29) is 0 Å². The Morgan fingerprint density at radius 1 is 1.21 bits per heavy atom. The summed E-state index contributed by atoms with van der Waals surface area (Å²) in [5, 5.41) is 0. The predicted octanol–water partition coefficient (Wildman–Crippen LogP) is 3.02. The first-order chi connectivity index (χ1) is 9.04. The number of imidazole rings is 1. The summed E-state index contributed by atoms with van der Waals surface area (Å²) in [6.07, 6.45) is 0.837. The van der Waals surface area contributed by atoms with Crippen LogP contribution in [0.4, 0.5) is 0 Å². The Morgan fingerprint density at radius 2 is 1.84 bits per heavy atom. The zero-order valence-electron chi connectivity index (χ0n) is 12.3. The van der Waals surface area contributed by atoms with Crippen molar-refractivity contribution in [2.45, 2.75) is 33.1 Å². The second kappa shape index (κ2) is 5.57. The predicted molar refractivity (Wildman–Crippen MR) is 80.2 cm³/mol. The second-order valence-corrected chi connectivity index (χ2v) is 5.34. The molecule has 0 radical (unpaired) electrons. The van der Waals surface area contributed by atoms with E-state index < -0.39 is 0 Å². The van der Waals surface area contributed by atoms with Crippen LogP contribution in [0.3, 0.4) is 0 Å². The lowest BCUT2D eigenvalue weighted by atomic mass is 10.0. The third kappa shape index (κ3) is 2.71. The number of hydrogen-bond acceptors (Lipinski definition) is 2. The molecular weight excluding hydrogens is 234 g/mol. The first-order valence-corrected chi connectivity index (χ1v) is 6.87. The van der Waals surface area contributed by atoms with Gasteiger partial charge in [-0.05, 0) is 24.9 Å². The van der Waals surface area contributed by atoms with Gasteiger partial charge in [0.15, 0.2) is 0 Å². The maximum Gasteiger partial charge on any atom is 0.140 e. The van der Waals surface area contributed by atoms with E-state index in [1.807, 2.05) is 0 Å². The number of hydrogen-bond donors (Lipinski definition) is 1. The van der Waals surface area contributed by atoms with Crippen molar-refractivity contribution in [3.8, 4) is 11.4 Å². The van der Waals surface area contributed by atoms with E-state index in [4.69, 9.17) is 10.7 Å². The van der Waals surface area contributed by atoms with Crippen molar-refractivity contribution >= 4 is 0 Å². The first kappa shape index (κ1) is 13.8. The molecule has 1 heterocycles. The van der Waals surface area contributed by atoms with Crippen LogP contribution >= 0.6 is 0 Å². The molecule has 0 unspecified atom stereocenters. The summed E-state index contributed by atoms with van der Waals surface area (Å²) in [5.74, 6) is 1.58. The lowest BCUT2D eigenvalue weighted by molar-refractivity contribution is 0.861. The summed E-state index contributed by atoms with van der Waals surface area (Å²) in [5.41, 5.74) is 10.5. The standard InChI is InChI=1S/C16H23N3/c1-11(2)13-5-7-14(8-6-13)16-18-15(9-10-17)12(3)19(16)4/h5-8,11H,9-10,17H2,1-4H3. The normalized spacial score (nSPS) is 11.3. The van der Waals surface area contributed by atoms with Gasteiger partial charge in [0.25, 0.3) is 0 Å². The SMILES string of the molecule is Cc1c(CCN)nc(-c2ccc(C(C)C)cc2)n1C. The summed E-state index contributed by atoms with van der Waals surface area (Å²) in [7, 11) is 2.06. The van der Waals surface area contributed by atoms with Gasteiger partial charge in [0.05, 0.1) is 5.69 Å². The maximum absolute atomic E-state index is 5.63. The van der Waals surface area contributed by atoms with Crippen molar-refractivity contribution in [2.75, 3.05) is 6.54 Å². The molecule has 0 saturated carbocycles. The number of benzene rings is 1. The summed E-state index contributed by atoms with van der Waals surface area (Å²) >= 11 is 0. The van der Waals surface area contributed by atoms with Gasteiger partial charge in [0, 0.05) is 24.7 Å². The van der Waals surface area contributed by atoms with Crippen molar-refractivity contribution in [2.24, 2.45) is 12.8 Å². The van der Waals surface area contributed by atoms with E-state index in [1.165, 1.54) is 16.8 Å². The Kier molecular flexibility index (Phi) is 4.05. The molecule has 0 fully saturated rings. The highest BCUT2D eigenvalue weighted by Gasteiger charge is 2.12. The Hall–Kier alpha value is -1.61. The lowest BCUT2D eigenvalue weighted by Gasteiger charge is -2.07. The van der Waals surface area contributed by atoms with Gasteiger partial charge in [-0.25, -0.2) is 4.98 Å². The van der Waals surface area contributed by atoms with E-state index in [0.717, 1.165) is 17.9 Å². The van der Waals surface area contributed by atoms with Crippen LogP contribution < -0.4 is 5.73 Å². The summed E-state index contributed by atoms with van der Waals surface area (Å²) in [6.45, 7) is 7.16. The van der Waals surface area contributed by atoms with Crippen LogP contribution in [0.25, 0.3) is 11.4 Å². The van der Waals surface area contributed by atoms with E-state index in [1.54, 1.807) is 0 Å². The zero-order valence-corrected chi connectivity index (χ0v) is 12.3. The molecule has 0 bridgehead atoms. The zero-order chi connectivity index (χ0) is 14.0. The Balaban J connectivity index is 2.38. The molecule has 1 aromatic carbocycles. The average molecular weight is 257 g/mol. The summed E-state index contributed by atoms with van der Waals surface area (Å²) in [6, 6.07) is 8.69. The largest absolute Gasteiger partial charge is 0.331 e. The highest BCUT2D eigenvalue weighted by molar-refractivity contribution is 5.57. The molecule has 0 atom stereocenters. The minimum absolute atomic E-state index is 0.560. The highest BCUT2D eigenvalue weighted by Crippen LogP contribution is 2.23. The van der Waals surface area contributed by atoms with Crippen molar-refractivity contribution in [1.29, 1.82) is 0 Å². The van der Waals surface area contributed by atoms with Gasteiger partial charge >= 0.3 is 0 Å². The fraction of sp³-hybridized carbons (Fsp3) is 0.438. The van der Waals surface area contributed by atoms with Crippen molar-refractivity contribution in [1.82, 2.24) is 9.55 Å². The highest BCUT2D eigenvalue weighted by atomic mass is 15.1. The van der Waals surface area contributed by atoms with Crippen LogP contribution in [0.15, 0.2) is 24.3 Å². The molecule has 0 aliphatic carbocycles. The monoisotopic (exact) mass is 257 g/mol. The minimum Gasteiger partial charge on any atom is -0.331 e. The summed E-state index contributed by atoms with van der Waals surface area (Å²) in [4.78, 5) is 4.73.